The van der Waals surface area contributed by atoms with Gasteiger partial charge in [-0.1, -0.05) is 0 Å². The molecule has 8 heteroatoms. The molecule has 0 rings (SSSR count). The zero-order chi connectivity index (χ0) is 13.6. The van der Waals surface area contributed by atoms with Gasteiger partial charge in [-0.2, -0.15) is 0 Å². The van der Waals surface area contributed by atoms with Crippen LogP contribution in [0.5, 0.6) is 0 Å². The molecule has 0 fully saturated rings. The molecular weight excluding hydrogens is 230 g/mol. The van der Waals surface area contributed by atoms with E-state index in [9.17, 15) is 14.4 Å². The molecule has 0 saturated carbocycles. The second kappa shape index (κ2) is 6.26. The summed E-state index contributed by atoms with van der Waals surface area (Å²) in [5.41, 5.74) is -0.207. The first-order valence-corrected chi connectivity index (χ1v) is 4.45. The quantitative estimate of drug-likeness (QED) is 0.325. The summed E-state index contributed by atoms with van der Waals surface area (Å²) >= 11 is 0. The topological polar surface area (TPSA) is 129 Å². The minimum atomic E-state index is -1.53. The Bertz CT molecular complexity index is 399. The molecule has 0 heterocycles. The molecular formula is C9H13N3O5. The highest BCUT2D eigenvalue weighted by Crippen LogP contribution is 2.05. The molecule has 0 aliphatic carbocycles. The molecule has 0 aromatic rings. The Hall–Kier alpha value is -2.38. The number of amides is 3. The number of rotatable bonds is 3. The zero-order valence-electron chi connectivity index (χ0n) is 9.58. The third kappa shape index (κ3) is 4.78. The molecule has 0 atom stereocenters. The SMILES string of the molecule is COC(=O)C(C(C)=N)=C(C)NC(=O)NC(=O)O. The predicted molar refractivity (Wildman–Crippen MR) is 57.8 cm³/mol. The van der Waals surface area contributed by atoms with Gasteiger partial charge in [0.2, 0.25) is 0 Å². The van der Waals surface area contributed by atoms with Gasteiger partial charge in [0.15, 0.2) is 0 Å². The summed E-state index contributed by atoms with van der Waals surface area (Å²) in [5.74, 6) is -0.786. The van der Waals surface area contributed by atoms with Gasteiger partial charge in [-0.25, -0.2) is 19.7 Å². The molecule has 4 N–H and O–H groups in total. The minimum Gasteiger partial charge on any atom is -0.465 e. The van der Waals surface area contributed by atoms with Gasteiger partial charge in [0, 0.05) is 11.4 Å². The van der Waals surface area contributed by atoms with Gasteiger partial charge < -0.3 is 20.6 Å². The maximum atomic E-state index is 11.3. The number of imide groups is 1. The van der Waals surface area contributed by atoms with Gasteiger partial charge >= 0.3 is 18.1 Å². The highest BCUT2D eigenvalue weighted by molar-refractivity contribution is 6.18. The molecule has 0 bridgehead atoms. The van der Waals surface area contributed by atoms with Crippen molar-refractivity contribution in [3.63, 3.8) is 0 Å². The maximum absolute atomic E-state index is 11.3. The lowest BCUT2D eigenvalue weighted by molar-refractivity contribution is -0.135. The monoisotopic (exact) mass is 243 g/mol. The van der Waals surface area contributed by atoms with E-state index < -0.39 is 18.1 Å². The van der Waals surface area contributed by atoms with E-state index in [0.717, 1.165) is 7.11 Å². The number of carbonyl (C=O) groups excluding carboxylic acids is 2. The lowest BCUT2D eigenvalue weighted by Crippen LogP contribution is -2.38. The molecule has 0 spiro atoms. The first-order valence-electron chi connectivity index (χ1n) is 4.45. The van der Waals surface area contributed by atoms with Crippen molar-refractivity contribution in [2.24, 2.45) is 0 Å². The standard InChI is InChI=1S/C9H13N3O5/c1-4(10)6(7(13)17-3)5(2)11-8(14)12-9(15)16/h10H,1-3H3,(H,15,16)(H2,11,12,14). The fourth-order valence-electron chi connectivity index (χ4n) is 1.05. The number of allylic oxidation sites excluding steroid dienone is 1. The number of methoxy groups -OCH3 is 1. The summed E-state index contributed by atoms with van der Waals surface area (Å²) < 4.78 is 4.43. The summed E-state index contributed by atoms with van der Waals surface area (Å²) in [6, 6.07) is -1.02. The summed E-state index contributed by atoms with van der Waals surface area (Å²) in [7, 11) is 1.13. The second-order valence-electron chi connectivity index (χ2n) is 3.00. The van der Waals surface area contributed by atoms with Crippen molar-refractivity contribution in [1.29, 1.82) is 5.41 Å². The molecule has 0 aliphatic heterocycles. The zero-order valence-corrected chi connectivity index (χ0v) is 9.58. The van der Waals surface area contributed by atoms with Crippen LogP contribution in [0.25, 0.3) is 0 Å². The highest BCUT2D eigenvalue weighted by Gasteiger charge is 2.17. The van der Waals surface area contributed by atoms with E-state index in [-0.39, 0.29) is 17.0 Å². The third-order valence-corrected chi connectivity index (χ3v) is 1.66. The van der Waals surface area contributed by atoms with Crippen LogP contribution in [-0.2, 0) is 9.53 Å². The molecule has 94 valence electrons. The highest BCUT2D eigenvalue weighted by atomic mass is 16.5. The van der Waals surface area contributed by atoms with E-state index in [2.05, 4.69) is 10.1 Å². The van der Waals surface area contributed by atoms with Crippen molar-refractivity contribution >= 4 is 23.8 Å². The predicted octanol–water partition coefficient (Wildman–Crippen LogP) is 0.450. The molecule has 0 unspecified atom stereocenters. The number of carboxylic acid groups (broad SMARTS) is 1. The van der Waals surface area contributed by atoms with E-state index in [1.54, 1.807) is 0 Å². The van der Waals surface area contributed by atoms with Crippen LogP contribution in [0.1, 0.15) is 13.8 Å². The molecule has 3 amide bonds. The van der Waals surface area contributed by atoms with Crippen LogP contribution >= 0.6 is 0 Å². The van der Waals surface area contributed by atoms with Crippen molar-refractivity contribution in [3.05, 3.63) is 11.3 Å². The van der Waals surface area contributed by atoms with Crippen molar-refractivity contribution in [1.82, 2.24) is 10.6 Å². The van der Waals surface area contributed by atoms with Gasteiger partial charge in [0.1, 0.15) is 0 Å². The number of urea groups is 1. The Morgan fingerprint density at radius 1 is 1.18 bits per heavy atom. The number of ether oxygens (including phenoxy) is 1. The van der Waals surface area contributed by atoms with E-state index in [4.69, 9.17) is 10.5 Å². The first-order chi connectivity index (χ1) is 7.79. The Morgan fingerprint density at radius 2 is 1.71 bits per heavy atom. The number of hydrogen-bond donors (Lipinski definition) is 4. The Kier molecular flexibility index (Phi) is 5.38. The Balaban J connectivity index is 4.97. The van der Waals surface area contributed by atoms with Crippen LogP contribution in [0.2, 0.25) is 0 Å². The van der Waals surface area contributed by atoms with Crippen LogP contribution < -0.4 is 10.6 Å². The van der Waals surface area contributed by atoms with Crippen LogP contribution in [0.3, 0.4) is 0 Å². The smallest absolute Gasteiger partial charge is 0.412 e. The van der Waals surface area contributed by atoms with Crippen LogP contribution in [-0.4, -0.2) is 36.0 Å². The van der Waals surface area contributed by atoms with Gasteiger partial charge in [0.25, 0.3) is 0 Å². The average molecular weight is 243 g/mol. The molecule has 0 aromatic carbocycles. The first kappa shape index (κ1) is 14.6. The van der Waals surface area contributed by atoms with Crippen molar-refractivity contribution in [2.75, 3.05) is 7.11 Å². The lowest BCUT2D eigenvalue weighted by Gasteiger charge is -2.10. The third-order valence-electron chi connectivity index (χ3n) is 1.66. The maximum Gasteiger partial charge on any atom is 0.412 e. The van der Waals surface area contributed by atoms with Crippen molar-refractivity contribution in [3.8, 4) is 0 Å². The molecule has 0 aliphatic rings. The number of nitrogens with one attached hydrogen (secondary N) is 3. The number of hydrogen-bond acceptors (Lipinski definition) is 5. The molecule has 0 radical (unpaired) electrons. The van der Waals surface area contributed by atoms with Gasteiger partial charge in [0.05, 0.1) is 12.7 Å². The molecule has 17 heavy (non-hydrogen) atoms. The Morgan fingerprint density at radius 3 is 2.06 bits per heavy atom. The summed E-state index contributed by atoms with van der Waals surface area (Å²) in [5, 5.41) is 19.3. The second-order valence-corrected chi connectivity index (χ2v) is 3.00. The normalized spacial score (nSPS) is 11.0. The molecule has 8 nitrogen and oxygen atoms in total. The summed E-state index contributed by atoms with van der Waals surface area (Å²) in [6.07, 6.45) is -1.53. The van der Waals surface area contributed by atoms with Crippen molar-refractivity contribution < 1.29 is 24.2 Å². The van der Waals surface area contributed by atoms with E-state index in [1.807, 2.05) is 0 Å². The van der Waals surface area contributed by atoms with Crippen molar-refractivity contribution in [2.45, 2.75) is 13.8 Å². The summed E-state index contributed by atoms with van der Waals surface area (Å²) in [4.78, 5) is 32.5. The van der Waals surface area contributed by atoms with Crippen LogP contribution in [0.15, 0.2) is 11.3 Å². The fraction of sp³-hybridized carbons (Fsp3) is 0.333. The summed E-state index contributed by atoms with van der Waals surface area (Å²) in [6.45, 7) is 2.69. The lowest BCUT2D eigenvalue weighted by atomic mass is 10.1. The van der Waals surface area contributed by atoms with Gasteiger partial charge in [-0.3, -0.25) is 0 Å². The molecule has 0 aromatic heterocycles. The Labute approximate surface area is 97.1 Å². The van der Waals surface area contributed by atoms with E-state index in [1.165, 1.54) is 19.2 Å². The van der Waals surface area contributed by atoms with Gasteiger partial charge in [-0.15, -0.1) is 0 Å². The van der Waals surface area contributed by atoms with Gasteiger partial charge in [-0.05, 0) is 13.8 Å². The van der Waals surface area contributed by atoms with Crippen LogP contribution in [0.4, 0.5) is 9.59 Å². The largest absolute Gasteiger partial charge is 0.465 e. The average Bonchev–Trinajstić information content (AvgIpc) is 2.14. The number of esters is 1. The number of carbonyl (C=O) groups is 3. The molecule has 0 saturated heterocycles. The minimum absolute atomic E-state index is 0.0306. The van der Waals surface area contributed by atoms with E-state index in [0.29, 0.717) is 0 Å². The fourth-order valence-corrected chi connectivity index (χ4v) is 1.05. The van der Waals surface area contributed by atoms with Crippen LogP contribution in [0, 0.1) is 5.41 Å². The van der Waals surface area contributed by atoms with E-state index >= 15 is 0 Å².